The van der Waals surface area contributed by atoms with Crippen molar-refractivity contribution in [3.05, 3.63) is 84.2 Å². The van der Waals surface area contributed by atoms with E-state index in [1.807, 2.05) is 48.5 Å². The van der Waals surface area contributed by atoms with Gasteiger partial charge in [0.1, 0.15) is 5.82 Å². The summed E-state index contributed by atoms with van der Waals surface area (Å²) in [6, 6.07) is 20.1. The molecule has 6 heteroatoms. The number of esters is 1. The van der Waals surface area contributed by atoms with Gasteiger partial charge in [0, 0.05) is 9.79 Å². The van der Waals surface area contributed by atoms with Crippen molar-refractivity contribution in [2.24, 2.45) is 0 Å². The minimum absolute atomic E-state index is 0.194. The number of hydrogen-bond acceptors (Lipinski definition) is 4. The number of halogens is 1. The Hall–Kier alpha value is -3.12. The number of carbonyl (C=O) groups is 2. The van der Waals surface area contributed by atoms with Crippen LogP contribution in [0.5, 0.6) is 0 Å². The highest BCUT2D eigenvalue weighted by Crippen LogP contribution is 2.47. The molecule has 0 atom stereocenters. The first-order chi connectivity index (χ1) is 13.1. The molecule has 0 saturated carbocycles. The van der Waals surface area contributed by atoms with Gasteiger partial charge in [-0.25, -0.2) is 9.18 Å². The van der Waals surface area contributed by atoms with Crippen LogP contribution in [0.4, 0.5) is 15.8 Å². The molecule has 0 spiro atoms. The van der Waals surface area contributed by atoms with E-state index in [0.717, 1.165) is 21.2 Å². The molecule has 0 unspecified atom stereocenters. The van der Waals surface area contributed by atoms with Crippen LogP contribution in [0, 0.1) is 5.82 Å². The summed E-state index contributed by atoms with van der Waals surface area (Å²) in [6.45, 7) is -0.413. The fraction of sp³-hybridized carbons (Fsp3) is 0.0476. The summed E-state index contributed by atoms with van der Waals surface area (Å²) in [5.74, 6) is -1.47. The number of amides is 1. The maximum Gasteiger partial charge on any atom is 0.338 e. The third-order valence-corrected chi connectivity index (χ3v) is 5.22. The van der Waals surface area contributed by atoms with Crippen LogP contribution in [-0.2, 0) is 9.53 Å². The summed E-state index contributed by atoms with van der Waals surface area (Å²) in [4.78, 5) is 28.5. The van der Waals surface area contributed by atoms with Crippen molar-refractivity contribution in [1.82, 2.24) is 0 Å². The number of hydrogen-bond donors (Lipinski definition) is 0. The second kappa shape index (κ2) is 7.25. The van der Waals surface area contributed by atoms with Gasteiger partial charge in [-0.05, 0) is 48.5 Å². The second-order valence-electron chi connectivity index (χ2n) is 5.85. The Balaban J connectivity index is 1.57. The molecule has 0 bridgehead atoms. The molecule has 4 nitrogen and oxygen atoms in total. The molecular weight excluding hydrogens is 365 g/mol. The zero-order valence-electron chi connectivity index (χ0n) is 14.1. The molecule has 0 radical (unpaired) electrons. The summed E-state index contributed by atoms with van der Waals surface area (Å²) in [7, 11) is 0. The molecule has 1 heterocycles. The van der Waals surface area contributed by atoms with Gasteiger partial charge in [-0.2, -0.15) is 0 Å². The molecule has 0 fully saturated rings. The zero-order valence-corrected chi connectivity index (χ0v) is 14.9. The summed E-state index contributed by atoms with van der Waals surface area (Å²) in [5.41, 5.74) is 1.70. The lowest BCUT2D eigenvalue weighted by atomic mass is 10.2. The maximum atomic E-state index is 13.0. The predicted octanol–water partition coefficient (Wildman–Crippen LogP) is 4.81. The normalized spacial score (nSPS) is 12.1. The molecule has 0 aromatic heterocycles. The average molecular weight is 379 g/mol. The van der Waals surface area contributed by atoms with E-state index in [1.165, 1.54) is 24.3 Å². The Kier molecular flexibility index (Phi) is 4.64. The predicted molar refractivity (Wildman–Crippen MR) is 101 cm³/mol. The lowest BCUT2D eigenvalue weighted by Crippen LogP contribution is -2.32. The van der Waals surface area contributed by atoms with Crippen molar-refractivity contribution in [3.8, 4) is 0 Å². The average Bonchev–Trinajstić information content (AvgIpc) is 2.70. The van der Waals surface area contributed by atoms with Crippen LogP contribution in [0.2, 0.25) is 0 Å². The number of fused-ring (bicyclic) bond motifs is 2. The minimum atomic E-state index is -0.670. The minimum Gasteiger partial charge on any atom is -0.452 e. The summed E-state index contributed by atoms with van der Waals surface area (Å²) in [5, 5.41) is 0. The number of carbonyl (C=O) groups excluding carboxylic acids is 2. The first-order valence-corrected chi connectivity index (χ1v) is 9.07. The molecule has 3 aromatic rings. The van der Waals surface area contributed by atoms with Crippen LogP contribution in [-0.4, -0.2) is 18.5 Å². The van der Waals surface area contributed by atoms with Crippen molar-refractivity contribution in [1.29, 1.82) is 0 Å². The van der Waals surface area contributed by atoms with Gasteiger partial charge in [-0.15, -0.1) is 0 Å². The molecule has 134 valence electrons. The van der Waals surface area contributed by atoms with E-state index in [4.69, 9.17) is 4.74 Å². The molecule has 3 aromatic carbocycles. The van der Waals surface area contributed by atoms with Gasteiger partial charge in [-0.3, -0.25) is 9.69 Å². The van der Waals surface area contributed by atoms with Gasteiger partial charge in [-0.1, -0.05) is 36.0 Å². The molecule has 0 saturated heterocycles. The van der Waals surface area contributed by atoms with Crippen LogP contribution < -0.4 is 4.90 Å². The van der Waals surface area contributed by atoms with Gasteiger partial charge in [0.05, 0.1) is 16.9 Å². The fourth-order valence-corrected chi connectivity index (χ4v) is 3.89. The highest BCUT2D eigenvalue weighted by molar-refractivity contribution is 7.99. The van der Waals surface area contributed by atoms with Crippen molar-refractivity contribution in [2.45, 2.75) is 9.79 Å². The maximum absolute atomic E-state index is 13.0. The number of anilines is 2. The molecule has 1 aliphatic rings. The number of nitrogens with zero attached hydrogens (tertiary/aromatic N) is 1. The Bertz CT molecular complexity index is 974. The summed E-state index contributed by atoms with van der Waals surface area (Å²) < 4.78 is 18.1. The molecule has 27 heavy (non-hydrogen) atoms. The van der Waals surface area contributed by atoms with Crippen LogP contribution in [0.25, 0.3) is 0 Å². The van der Waals surface area contributed by atoms with E-state index in [0.29, 0.717) is 0 Å². The van der Waals surface area contributed by atoms with E-state index in [1.54, 1.807) is 16.7 Å². The SMILES string of the molecule is O=C(OCC(=O)N1c2ccccc2Sc2ccccc21)c1ccc(F)cc1. The monoisotopic (exact) mass is 379 g/mol. The zero-order chi connectivity index (χ0) is 18.8. The van der Waals surface area contributed by atoms with Crippen LogP contribution in [0.3, 0.4) is 0 Å². The van der Waals surface area contributed by atoms with Gasteiger partial charge in [0.25, 0.3) is 5.91 Å². The Morgan fingerprint density at radius 1 is 0.852 bits per heavy atom. The third-order valence-electron chi connectivity index (χ3n) is 4.09. The molecule has 1 amide bonds. The quantitative estimate of drug-likeness (QED) is 0.613. The van der Waals surface area contributed by atoms with Gasteiger partial charge >= 0.3 is 5.97 Å². The van der Waals surface area contributed by atoms with E-state index in [2.05, 4.69) is 0 Å². The van der Waals surface area contributed by atoms with Gasteiger partial charge in [0.15, 0.2) is 6.61 Å². The largest absolute Gasteiger partial charge is 0.452 e. The lowest BCUT2D eigenvalue weighted by molar-refractivity contribution is -0.121. The van der Waals surface area contributed by atoms with Gasteiger partial charge in [0.2, 0.25) is 0 Å². The van der Waals surface area contributed by atoms with Crippen molar-refractivity contribution >= 4 is 35.0 Å². The van der Waals surface area contributed by atoms with Crippen LogP contribution in [0.1, 0.15) is 10.4 Å². The number of benzene rings is 3. The summed E-state index contributed by atoms with van der Waals surface area (Å²) in [6.07, 6.45) is 0. The van der Waals surface area contributed by atoms with Gasteiger partial charge < -0.3 is 4.74 Å². The molecule has 0 N–H and O–H groups in total. The first kappa shape index (κ1) is 17.3. The summed E-state index contributed by atoms with van der Waals surface area (Å²) >= 11 is 1.59. The smallest absolute Gasteiger partial charge is 0.338 e. The Morgan fingerprint density at radius 3 is 2.00 bits per heavy atom. The Labute approximate surface area is 159 Å². The van der Waals surface area contributed by atoms with Crippen molar-refractivity contribution in [3.63, 3.8) is 0 Å². The highest BCUT2D eigenvalue weighted by atomic mass is 32.2. The lowest BCUT2D eigenvalue weighted by Gasteiger charge is -2.30. The molecule has 1 aliphatic heterocycles. The molecular formula is C21H14FNO3S. The van der Waals surface area contributed by atoms with Crippen LogP contribution >= 0.6 is 11.8 Å². The Morgan fingerprint density at radius 2 is 1.41 bits per heavy atom. The number of para-hydroxylation sites is 2. The molecule has 0 aliphatic carbocycles. The number of rotatable bonds is 3. The van der Waals surface area contributed by atoms with E-state index >= 15 is 0 Å². The second-order valence-corrected chi connectivity index (χ2v) is 6.93. The van der Waals surface area contributed by atoms with Crippen molar-refractivity contribution in [2.75, 3.05) is 11.5 Å². The van der Waals surface area contributed by atoms with E-state index in [9.17, 15) is 14.0 Å². The molecule has 4 rings (SSSR count). The fourth-order valence-electron chi connectivity index (χ4n) is 2.83. The third kappa shape index (κ3) is 3.44. The number of ether oxygens (including phenoxy) is 1. The van der Waals surface area contributed by atoms with Crippen LogP contribution in [0.15, 0.2) is 82.6 Å². The van der Waals surface area contributed by atoms with Crippen molar-refractivity contribution < 1.29 is 18.7 Å². The topological polar surface area (TPSA) is 46.6 Å². The standard InChI is InChI=1S/C21H14FNO3S/c22-15-11-9-14(10-12-15)21(25)26-13-20(24)23-16-5-1-3-7-18(16)27-19-8-4-2-6-17(19)23/h1-12H,13H2. The van der Waals surface area contributed by atoms with E-state index < -0.39 is 18.4 Å². The van der Waals surface area contributed by atoms with E-state index in [-0.39, 0.29) is 11.5 Å². The highest BCUT2D eigenvalue weighted by Gasteiger charge is 2.28. The first-order valence-electron chi connectivity index (χ1n) is 8.25.